The fourth-order valence-corrected chi connectivity index (χ4v) is 9.12. The van der Waals surface area contributed by atoms with E-state index in [1.807, 2.05) is 6.08 Å². The molecule has 0 bridgehead atoms. The van der Waals surface area contributed by atoms with Gasteiger partial charge in [-0.3, -0.25) is 19.2 Å². The third-order valence-electron chi connectivity index (χ3n) is 11.8. The van der Waals surface area contributed by atoms with Gasteiger partial charge in [-0.25, -0.2) is 9.59 Å². The molecule has 0 aliphatic carbocycles. The van der Waals surface area contributed by atoms with Crippen LogP contribution in [0.15, 0.2) is 170 Å². The van der Waals surface area contributed by atoms with Crippen molar-refractivity contribution in [2.24, 2.45) is 5.41 Å². The summed E-state index contributed by atoms with van der Waals surface area (Å²) in [4.78, 5) is 78.7. The lowest BCUT2D eigenvalue weighted by molar-refractivity contribution is -0.153. The summed E-state index contributed by atoms with van der Waals surface area (Å²) in [5, 5.41) is 18.7. The molecule has 0 saturated heterocycles. The van der Waals surface area contributed by atoms with E-state index in [2.05, 4.69) is 145 Å². The number of para-hydroxylation sites is 2. The van der Waals surface area contributed by atoms with Crippen LogP contribution in [0.4, 0.5) is 0 Å². The van der Waals surface area contributed by atoms with Crippen LogP contribution in [0.2, 0.25) is 0 Å². The summed E-state index contributed by atoms with van der Waals surface area (Å²) in [6.45, 7) is 8.07. The molecule has 2 aromatic carbocycles. The van der Waals surface area contributed by atoms with Gasteiger partial charge in [0.25, 0.3) is 5.91 Å². The third kappa shape index (κ3) is 36.5. The van der Waals surface area contributed by atoms with Crippen LogP contribution in [0.5, 0.6) is 11.5 Å². The number of hydrogen-bond acceptors (Lipinski definition) is 12. The number of aromatic hydroxyl groups is 1. The van der Waals surface area contributed by atoms with E-state index in [0.717, 1.165) is 77.0 Å². The number of esters is 3. The Kier molecular flexibility index (Phi) is 41.5. The lowest BCUT2D eigenvalue weighted by atomic mass is 9.86. The van der Waals surface area contributed by atoms with Crippen molar-refractivity contribution in [1.29, 1.82) is 0 Å². The highest BCUT2D eigenvalue weighted by Gasteiger charge is 2.40. The molecule has 0 radical (unpaired) electrons. The van der Waals surface area contributed by atoms with Crippen molar-refractivity contribution in [2.45, 2.75) is 143 Å². The molecule has 2 rings (SSSR count). The quantitative estimate of drug-likeness (QED) is 0.0162. The first-order chi connectivity index (χ1) is 39.9. The third-order valence-corrected chi connectivity index (χ3v) is 14.2. The monoisotopic (exact) mass is 1160 g/mol. The van der Waals surface area contributed by atoms with Crippen LogP contribution in [0.25, 0.3) is 0 Å². The van der Waals surface area contributed by atoms with Gasteiger partial charge in [0.15, 0.2) is 6.10 Å². The predicted molar refractivity (Wildman–Crippen MR) is 339 cm³/mol. The van der Waals surface area contributed by atoms with Crippen molar-refractivity contribution < 1.29 is 48.1 Å². The fourth-order valence-electron chi connectivity index (χ4n) is 7.31. The minimum absolute atomic E-state index is 0.0305. The van der Waals surface area contributed by atoms with E-state index in [1.54, 1.807) is 53.6 Å². The van der Waals surface area contributed by atoms with Crippen LogP contribution >= 0.6 is 21.6 Å². The Morgan fingerprint density at radius 3 is 1.43 bits per heavy atom. The Morgan fingerprint density at radius 1 is 0.512 bits per heavy atom. The SMILES string of the molecule is CCC=CCC=CCC=CCC=CCC=CCCCC(=O)NCCSSCCNC(=O)CCNC(=O)[C@H](OC(=O)c1ccccc1OC(=O)c1ccccc1O)C(C)(C)COC(=O)CCCC=CCC=CCC=CCC=CCC=CCC. The molecule has 0 heterocycles. The number of carbonyl (C=O) groups is 6. The van der Waals surface area contributed by atoms with Crippen molar-refractivity contribution in [3.63, 3.8) is 0 Å². The number of unbranched alkanes of at least 4 members (excludes halogenated alkanes) is 2. The van der Waals surface area contributed by atoms with Gasteiger partial charge in [-0.1, -0.05) is 195 Å². The van der Waals surface area contributed by atoms with Crippen LogP contribution in [0.3, 0.4) is 0 Å². The Labute approximate surface area is 497 Å². The van der Waals surface area contributed by atoms with Gasteiger partial charge in [0.1, 0.15) is 29.2 Å². The molecule has 446 valence electrons. The van der Waals surface area contributed by atoms with E-state index in [9.17, 15) is 33.9 Å². The summed E-state index contributed by atoms with van der Waals surface area (Å²) in [5.74, 6) is -2.53. The van der Waals surface area contributed by atoms with E-state index in [4.69, 9.17) is 14.2 Å². The first-order valence-electron chi connectivity index (χ1n) is 28.9. The Hall–Kier alpha value is -6.84. The number of amides is 3. The maximum atomic E-state index is 13.9. The number of carbonyl (C=O) groups excluding carboxylic acids is 6. The first-order valence-corrected chi connectivity index (χ1v) is 31.4. The van der Waals surface area contributed by atoms with Crippen LogP contribution in [-0.4, -0.2) is 84.6 Å². The zero-order chi connectivity index (χ0) is 59.6. The van der Waals surface area contributed by atoms with Crippen molar-refractivity contribution in [1.82, 2.24) is 16.0 Å². The van der Waals surface area contributed by atoms with Gasteiger partial charge in [-0.15, -0.1) is 0 Å². The van der Waals surface area contributed by atoms with Crippen molar-refractivity contribution >= 4 is 57.2 Å². The average molecular weight is 1160 g/mol. The molecule has 15 heteroatoms. The highest BCUT2D eigenvalue weighted by Crippen LogP contribution is 2.29. The number of nitrogens with one attached hydrogen (secondary N) is 3. The molecule has 4 N–H and O–H groups in total. The Morgan fingerprint density at radius 2 is 0.939 bits per heavy atom. The molecule has 82 heavy (non-hydrogen) atoms. The second-order valence-corrected chi connectivity index (χ2v) is 22.1. The van der Waals surface area contributed by atoms with Gasteiger partial charge in [-0.2, -0.15) is 0 Å². The van der Waals surface area contributed by atoms with E-state index in [1.165, 1.54) is 30.3 Å². The second-order valence-electron chi connectivity index (χ2n) is 19.4. The van der Waals surface area contributed by atoms with Crippen LogP contribution < -0.4 is 20.7 Å². The Balaban J connectivity index is 1.79. The molecule has 13 nitrogen and oxygen atoms in total. The zero-order valence-electron chi connectivity index (χ0n) is 48.9. The van der Waals surface area contributed by atoms with Crippen molar-refractivity contribution in [2.75, 3.05) is 37.7 Å². The highest BCUT2D eigenvalue weighted by molar-refractivity contribution is 8.76. The smallest absolute Gasteiger partial charge is 0.347 e. The minimum Gasteiger partial charge on any atom is -0.507 e. The number of phenolic OH excluding ortho intramolecular Hbond substituents is 1. The van der Waals surface area contributed by atoms with Gasteiger partial charge in [-0.05, 0) is 114 Å². The van der Waals surface area contributed by atoms with Gasteiger partial charge in [0.2, 0.25) is 11.8 Å². The molecule has 1 atom stereocenters. The number of allylic oxidation sites excluding steroid dienone is 20. The average Bonchev–Trinajstić information content (AvgIpc) is 3.67. The molecule has 0 aliphatic rings. The fraction of sp³-hybridized carbons (Fsp3) is 0.433. The molecule has 0 saturated carbocycles. The largest absolute Gasteiger partial charge is 0.507 e. The van der Waals surface area contributed by atoms with Crippen LogP contribution in [0.1, 0.15) is 158 Å². The van der Waals surface area contributed by atoms with Gasteiger partial charge >= 0.3 is 17.9 Å². The lowest BCUT2D eigenvalue weighted by Gasteiger charge is -2.32. The standard InChI is InChI=1S/C67H91N3O10S2/c1-5-7-9-11-13-15-17-19-21-23-25-27-29-31-33-35-37-47-60(72)68-51-53-81-82-54-52-69-61(73)49-50-70-64(75)63(80-66(77)57-44-40-42-46-59(57)79-65(76)56-43-39-41-45-58(56)71)67(3,4)55-78-62(74)48-38-36-34-32-30-28-26-24-22-20-18-16-14-12-10-8-6-2/h7-10,13-16,19-22,25-28,31-34,39-46,63,71H,5-6,11-12,17-18,23-24,29-30,35-38,47-55H2,1-4H3,(H,68,72)(H,69,73)(H,70,75)/t63-/m0/s1. The molecule has 0 aromatic heterocycles. The molecule has 3 amide bonds. The maximum Gasteiger partial charge on any atom is 0.347 e. The minimum atomic E-state index is -1.52. The first kappa shape index (κ1) is 71.3. The molecular formula is C67H91N3O10S2. The zero-order valence-corrected chi connectivity index (χ0v) is 50.6. The highest BCUT2D eigenvalue weighted by atomic mass is 33.1. The lowest BCUT2D eigenvalue weighted by Crippen LogP contribution is -2.49. The predicted octanol–water partition coefficient (Wildman–Crippen LogP) is 14.7. The molecule has 0 fully saturated rings. The van der Waals surface area contributed by atoms with E-state index < -0.39 is 35.3 Å². The number of phenols is 1. The number of benzene rings is 2. The normalized spacial score (nSPS) is 12.7. The van der Waals surface area contributed by atoms with Gasteiger partial charge in [0.05, 0.1) is 0 Å². The van der Waals surface area contributed by atoms with E-state index in [-0.39, 0.29) is 60.4 Å². The molecule has 0 aliphatic heterocycles. The number of ether oxygens (including phenoxy) is 3. The number of rotatable bonds is 44. The summed E-state index contributed by atoms with van der Waals surface area (Å²) >= 11 is 0. The topological polar surface area (TPSA) is 186 Å². The second kappa shape index (κ2) is 47.8. The van der Waals surface area contributed by atoms with Gasteiger partial charge < -0.3 is 35.3 Å². The van der Waals surface area contributed by atoms with Crippen molar-refractivity contribution in [3.8, 4) is 11.5 Å². The van der Waals surface area contributed by atoms with E-state index >= 15 is 0 Å². The summed E-state index contributed by atoms with van der Waals surface area (Å²) in [6, 6.07) is 11.6. The maximum absolute atomic E-state index is 13.9. The van der Waals surface area contributed by atoms with Crippen molar-refractivity contribution in [3.05, 3.63) is 181 Å². The van der Waals surface area contributed by atoms with E-state index in [0.29, 0.717) is 43.9 Å². The molecular weight excluding hydrogens is 1070 g/mol. The molecule has 0 spiro atoms. The van der Waals surface area contributed by atoms with Crippen LogP contribution in [0, 0.1) is 5.41 Å². The summed E-state index contributed by atoms with van der Waals surface area (Å²) in [6.07, 6.45) is 54.2. The van der Waals surface area contributed by atoms with Crippen LogP contribution in [-0.2, 0) is 28.7 Å². The number of hydrogen-bond donors (Lipinski definition) is 4. The molecule has 0 unspecified atom stereocenters. The molecule has 2 aromatic rings. The summed E-state index contributed by atoms with van der Waals surface area (Å²) in [7, 11) is 3.18. The summed E-state index contributed by atoms with van der Waals surface area (Å²) < 4.78 is 17.0. The summed E-state index contributed by atoms with van der Waals surface area (Å²) in [5.41, 5.74) is -1.56. The van der Waals surface area contributed by atoms with Gasteiger partial charge in [0, 0.05) is 55.8 Å². The Bertz CT molecular complexity index is 2490.